The van der Waals surface area contributed by atoms with Crippen molar-refractivity contribution in [1.82, 2.24) is 5.32 Å². The van der Waals surface area contributed by atoms with Crippen molar-refractivity contribution in [1.29, 1.82) is 0 Å². The molecule has 0 saturated carbocycles. The van der Waals surface area contributed by atoms with Crippen molar-refractivity contribution in [3.05, 3.63) is 42.0 Å². The summed E-state index contributed by atoms with van der Waals surface area (Å²) in [7, 11) is 0. The molecule has 1 rings (SSSR count). The van der Waals surface area contributed by atoms with Crippen LogP contribution in [0.2, 0.25) is 0 Å². The molecule has 17 heavy (non-hydrogen) atoms. The average molecular weight is 233 g/mol. The highest BCUT2D eigenvalue weighted by molar-refractivity contribution is 5.36. The first kappa shape index (κ1) is 13.8. The molecule has 0 amide bonds. The van der Waals surface area contributed by atoms with E-state index >= 15 is 0 Å². The molecule has 2 nitrogen and oxygen atoms in total. The highest BCUT2D eigenvalue weighted by Gasteiger charge is 2.04. The van der Waals surface area contributed by atoms with Gasteiger partial charge in [-0.15, -0.1) is 0 Å². The summed E-state index contributed by atoms with van der Waals surface area (Å²) >= 11 is 0. The maximum atomic E-state index is 5.64. The van der Waals surface area contributed by atoms with Gasteiger partial charge in [0, 0.05) is 12.1 Å². The Bertz CT molecular complexity index is 358. The maximum absolute atomic E-state index is 5.64. The van der Waals surface area contributed by atoms with Crippen LogP contribution in [0.4, 0.5) is 0 Å². The lowest BCUT2D eigenvalue weighted by Gasteiger charge is -2.13. The van der Waals surface area contributed by atoms with Crippen molar-refractivity contribution >= 4 is 0 Å². The molecule has 0 aliphatic carbocycles. The topological polar surface area (TPSA) is 21.3 Å². The molecule has 1 N–H and O–H groups in total. The first-order chi connectivity index (χ1) is 8.13. The van der Waals surface area contributed by atoms with Crippen molar-refractivity contribution in [2.45, 2.75) is 27.3 Å². The quantitative estimate of drug-likeness (QED) is 0.730. The van der Waals surface area contributed by atoms with Crippen molar-refractivity contribution in [3.8, 4) is 5.75 Å². The van der Waals surface area contributed by atoms with E-state index in [9.17, 15) is 0 Å². The van der Waals surface area contributed by atoms with Gasteiger partial charge < -0.3 is 10.1 Å². The molecule has 0 saturated heterocycles. The molecular weight excluding hydrogens is 210 g/mol. The molecule has 0 fully saturated rings. The van der Waals surface area contributed by atoms with E-state index < -0.39 is 0 Å². The standard InChI is InChI=1S/C15H23NO/c1-5-8-17-15-7-6-13(4)9-14(15)11-16-10-12(2)3/h5-7,9,12,16H,1,8,10-11H2,2-4H3. The molecule has 0 aliphatic heterocycles. The third kappa shape index (κ3) is 5.05. The summed E-state index contributed by atoms with van der Waals surface area (Å²) in [6, 6.07) is 6.28. The number of aryl methyl sites for hydroxylation is 1. The van der Waals surface area contributed by atoms with Crippen LogP contribution < -0.4 is 10.1 Å². The summed E-state index contributed by atoms with van der Waals surface area (Å²) in [4.78, 5) is 0. The van der Waals surface area contributed by atoms with Gasteiger partial charge in [0.15, 0.2) is 0 Å². The lowest BCUT2D eigenvalue weighted by molar-refractivity contribution is 0.357. The van der Waals surface area contributed by atoms with Gasteiger partial charge in [-0.25, -0.2) is 0 Å². The second-order valence-electron chi connectivity index (χ2n) is 4.74. The second-order valence-corrected chi connectivity index (χ2v) is 4.74. The van der Waals surface area contributed by atoms with Gasteiger partial charge in [0.1, 0.15) is 12.4 Å². The Balaban J connectivity index is 2.65. The van der Waals surface area contributed by atoms with E-state index in [2.05, 4.69) is 44.8 Å². The predicted molar refractivity (Wildman–Crippen MR) is 73.4 cm³/mol. The van der Waals surface area contributed by atoms with Gasteiger partial charge in [-0.3, -0.25) is 0 Å². The minimum absolute atomic E-state index is 0.556. The normalized spacial score (nSPS) is 10.6. The second kappa shape index (κ2) is 7.13. The molecule has 1 aromatic rings. The Labute approximate surface area is 105 Å². The summed E-state index contributed by atoms with van der Waals surface area (Å²) in [5.74, 6) is 1.61. The lowest BCUT2D eigenvalue weighted by Crippen LogP contribution is -2.19. The predicted octanol–water partition coefficient (Wildman–Crippen LogP) is 3.31. The SMILES string of the molecule is C=CCOc1ccc(C)cc1CNCC(C)C. The summed E-state index contributed by atoms with van der Waals surface area (Å²) in [5, 5.41) is 3.44. The van der Waals surface area contributed by atoms with Crippen LogP contribution in [0.1, 0.15) is 25.0 Å². The van der Waals surface area contributed by atoms with Crippen LogP contribution in [-0.2, 0) is 6.54 Å². The number of benzene rings is 1. The maximum Gasteiger partial charge on any atom is 0.124 e. The highest BCUT2D eigenvalue weighted by atomic mass is 16.5. The Morgan fingerprint density at radius 1 is 1.41 bits per heavy atom. The summed E-state index contributed by atoms with van der Waals surface area (Å²) < 4.78 is 5.64. The molecule has 2 heteroatoms. The van der Waals surface area contributed by atoms with Gasteiger partial charge in [0.05, 0.1) is 0 Å². The van der Waals surface area contributed by atoms with E-state index in [4.69, 9.17) is 4.74 Å². The van der Waals surface area contributed by atoms with Gasteiger partial charge in [-0.05, 0) is 25.5 Å². The van der Waals surface area contributed by atoms with E-state index in [1.807, 2.05) is 6.07 Å². The van der Waals surface area contributed by atoms with Crippen LogP contribution >= 0.6 is 0 Å². The molecular formula is C15H23NO. The average Bonchev–Trinajstić information content (AvgIpc) is 2.27. The van der Waals surface area contributed by atoms with E-state index in [1.165, 1.54) is 11.1 Å². The first-order valence-electron chi connectivity index (χ1n) is 6.17. The molecule has 0 bridgehead atoms. The zero-order valence-corrected chi connectivity index (χ0v) is 11.1. The smallest absolute Gasteiger partial charge is 0.124 e. The number of ether oxygens (including phenoxy) is 1. The summed E-state index contributed by atoms with van der Waals surface area (Å²) in [5.41, 5.74) is 2.48. The van der Waals surface area contributed by atoms with E-state index in [1.54, 1.807) is 6.08 Å². The number of nitrogens with one attached hydrogen (secondary N) is 1. The van der Waals surface area contributed by atoms with E-state index in [0.717, 1.165) is 18.8 Å². The van der Waals surface area contributed by atoms with Crippen LogP contribution in [0.5, 0.6) is 5.75 Å². The fourth-order valence-electron chi connectivity index (χ4n) is 1.63. The third-order valence-corrected chi connectivity index (χ3v) is 2.44. The van der Waals surface area contributed by atoms with Gasteiger partial charge in [-0.2, -0.15) is 0 Å². The minimum Gasteiger partial charge on any atom is -0.489 e. The number of rotatable bonds is 7. The molecule has 0 atom stereocenters. The lowest BCUT2D eigenvalue weighted by atomic mass is 10.1. The molecule has 0 aromatic heterocycles. The molecule has 0 radical (unpaired) electrons. The van der Waals surface area contributed by atoms with Gasteiger partial charge in [0.2, 0.25) is 0 Å². The zero-order chi connectivity index (χ0) is 12.7. The third-order valence-electron chi connectivity index (χ3n) is 2.44. The number of hydrogen-bond acceptors (Lipinski definition) is 2. The van der Waals surface area contributed by atoms with Crippen LogP contribution in [0.25, 0.3) is 0 Å². The molecule has 0 spiro atoms. The Kier molecular flexibility index (Phi) is 5.78. The van der Waals surface area contributed by atoms with Crippen LogP contribution in [0.15, 0.2) is 30.9 Å². The molecule has 0 aliphatic rings. The zero-order valence-electron chi connectivity index (χ0n) is 11.1. The first-order valence-corrected chi connectivity index (χ1v) is 6.17. The Morgan fingerprint density at radius 2 is 2.18 bits per heavy atom. The fourth-order valence-corrected chi connectivity index (χ4v) is 1.63. The minimum atomic E-state index is 0.556. The monoisotopic (exact) mass is 233 g/mol. The van der Waals surface area contributed by atoms with Gasteiger partial charge in [-0.1, -0.05) is 44.2 Å². The largest absolute Gasteiger partial charge is 0.489 e. The van der Waals surface area contributed by atoms with Crippen molar-refractivity contribution in [2.24, 2.45) is 5.92 Å². The summed E-state index contributed by atoms with van der Waals surface area (Å²) in [6.07, 6.45) is 1.77. The summed E-state index contributed by atoms with van der Waals surface area (Å²) in [6.45, 7) is 12.6. The highest BCUT2D eigenvalue weighted by Crippen LogP contribution is 2.20. The molecule has 0 heterocycles. The van der Waals surface area contributed by atoms with Gasteiger partial charge in [0.25, 0.3) is 0 Å². The molecule has 1 aromatic carbocycles. The van der Waals surface area contributed by atoms with Crippen molar-refractivity contribution in [2.75, 3.05) is 13.2 Å². The van der Waals surface area contributed by atoms with Gasteiger partial charge >= 0.3 is 0 Å². The van der Waals surface area contributed by atoms with Crippen LogP contribution in [-0.4, -0.2) is 13.2 Å². The van der Waals surface area contributed by atoms with Crippen LogP contribution in [0.3, 0.4) is 0 Å². The Morgan fingerprint density at radius 3 is 2.82 bits per heavy atom. The van der Waals surface area contributed by atoms with Crippen LogP contribution in [0, 0.1) is 12.8 Å². The van der Waals surface area contributed by atoms with Crippen molar-refractivity contribution < 1.29 is 4.74 Å². The van der Waals surface area contributed by atoms with E-state index in [-0.39, 0.29) is 0 Å². The Hall–Kier alpha value is -1.28. The molecule has 0 unspecified atom stereocenters. The van der Waals surface area contributed by atoms with Crippen molar-refractivity contribution in [3.63, 3.8) is 0 Å². The molecule has 94 valence electrons. The fraction of sp³-hybridized carbons (Fsp3) is 0.467. The number of hydrogen-bond donors (Lipinski definition) is 1. The van der Waals surface area contributed by atoms with E-state index in [0.29, 0.717) is 12.5 Å².